The number of hydrogen-bond donors (Lipinski definition) is 1. The topological polar surface area (TPSA) is 50.2 Å². The Morgan fingerprint density at radius 1 is 1.37 bits per heavy atom. The van der Waals surface area contributed by atoms with E-state index in [0.29, 0.717) is 11.8 Å². The largest absolute Gasteiger partial charge is 0.478 e. The summed E-state index contributed by atoms with van der Waals surface area (Å²) in [6.07, 6.45) is 0.750. The molecule has 0 bridgehead atoms. The number of aromatic nitrogens is 1. The summed E-state index contributed by atoms with van der Waals surface area (Å²) in [4.78, 5) is 15.4. The van der Waals surface area contributed by atoms with Gasteiger partial charge in [0.05, 0.1) is 5.56 Å². The summed E-state index contributed by atoms with van der Waals surface area (Å²) in [5.74, 6) is -2.87. The first-order valence-electron chi connectivity index (χ1n) is 5.97. The Morgan fingerprint density at radius 3 is 2.63 bits per heavy atom. The summed E-state index contributed by atoms with van der Waals surface area (Å²) in [7, 11) is 0. The van der Waals surface area contributed by atoms with Crippen molar-refractivity contribution in [1.29, 1.82) is 0 Å². The molecule has 0 saturated carbocycles. The predicted octanol–water partition coefficient (Wildman–Crippen LogP) is 3.72. The number of aromatic carboxylic acids is 1. The van der Waals surface area contributed by atoms with Crippen LogP contribution in [0.3, 0.4) is 0 Å². The Morgan fingerprint density at radius 2 is 2.05 bits per heavy atom. The molecule has 19 heavy (non-hydrogen) atoms. The number of carbonyl (C=O) groups is 1. The highest BCUT2D eigenvalue weighted by Crippen LogP contribution is 2.26. The lowest BCUT2D eigenvalue weighted by Gasteiger charge is -2.12. The third-order valence-corrected chi connectivity index (χ3v) is 3.20. The molecule has 0 aliphatic carbocycles. The minimum absolute atomic E-state index is 0.00644. The average molecular weight is 265 g/mol. The molecule has 0 radical (unpaired) electrons. The first kappa shape index (κ1) is 13.4. The maximum atomic E-state index is 13.7. The molecule has 1 aromatic heterocycles. The molecule has 1 aromatic carbocycles. The van der Waals surface area contributed by atoms with E-state index < -0.39 is 17.6 Å². The molecule has 100 valence electrons. The van der Waals surface area contributed by atoms with Crippen LogP contribution in [-0.4, -0.2) is 16.1 Å². The van der Waals surface area contributed by atoms with Crippen LogP contribution in [0.25, 0.3) is 10.9 Å². The molecule has 5 heteroatoms. The van der Waals surface area contributed by atoms with Crippen molar-refractivity contribution in [3.05, 3.63) is 41.1 Å². The first-order chi connectivity index (χ1) is 8.93. The number of pyridine rings is 1. The summed E-state index contributed by atoms with van der Waals surface area (Å²) in [5, 5.41) is 9.15. The minimum Gasteiger partial charge on any atom is -0.478 e. The predicted molar refractivity (Wildman–Crippen MR) is 67.3 cm³/mol. The average Bonchev–Trinajstić information content (AvgIpc) is 2.36. The van der Waals surface area contributed by atoms with E-state index in [4.69, 9.17) is 0 Å². The summed E-state index contributed by atoms with van der Waals surface area (Å²) in [5.41, 5.74) is 0.271. The van der Waals surface area contributed by atoms with Crippen molar-refractivity contribution >= 4 is 16.9 Å². The second-order valence-electron chi connectivity index (χ2n) is 4.49. The van der Waals surface area contributed by atoms with E-state index in [-0.39, 0.29) is 22.4 Å². The highest BCUT2D eigenvalue weighted by molar-refractivity contribution is 6.02. The van der Waals surface area contributed by atoms with Gasteiger partial charge in [-0.3, -0.25) is 0 Å². The molecule has 0 amide bonds. The highest BCUT2D eigenvalue weighted by atomic mass is 19.1. The molecule has 0 aliphatic heterocycles. The lowest BCUT2D eigenvalue weighted by atomic mass is 9.99. The second-order valence-corrected chi connectivity index (χ2v) is 4.49. The molecule has 1 heterocycles. The SMILES string of the molecule is CCC(C)c1cc(C(=O)O)c2cc(F)cc(F)c2n1. The van der Waals surface area contributed by atoms with Crippen LogP contribution in [0.4, 0.5) is 8.78 Å². The Bertz CT molecular complexity index is 655. The van der Waals surface area contributed by atoms with Gasteiger partial charge in [-0.15, -0.1) is 0 Å². The van der Waals surface area contributed by atoms with Crippen LogP contribution in [-0.2, 0) is 0 Å². The van der Waals surface area contributed by atoms with E-state index in [1.54, 1.807) is 0 Å². The van der Waals surface area contributed by atoms with Crippen LogP contribution in [0.15, 0.2) is 18.2 Å². The van der Waals surface area contributed by atoms with Gasteiger partial charge in [0.2, 0.25) is 0 Å². The van der Waals surface area contributed by atoms with Gasteiger partial charge >= 0.3 is 5.97 Å². The molecular formula is C14H13F2NO2. The summed E-state index contributed by atoms with van der Waals surface area (Å²) in [6.45, 7) is 3.80. The molecular weight excluding hydrogens is 252 g/mol. The van der Waals surface area contributed by atoms with Gasteiger partial charge in [-0.1, -0.05) is 13.8 Å². The fraction of sp³-hybridized carbons (Fsp3) is 0.286. The van der Waals surface area contributed by atoms with E-state index in [2.05, 4.69) is 4.98 Å². The number of halogens is 2. The Kier molecular flexibility index (Phi) is 3.46. The molecule has 2 rings (SSSR count). The van der Waals surface area contributed by atoms with Gasteiger partial charge in [0.15, 0.2) is 5.82 Å². The van der Waals surface area contributed by atoms with Gasteiger partial charge in [0.25, 0.3) is 0 Å². The fourth-order valence-electron chi connectivity index (χ4n) is 1.91. The third kappa shape index (κ3) is 2.41. The summed E-state index contributed by atoms with van der Waals surface area (Å²) >= 11 is 0. The fourth-order valence-corrected chi connectivity index (χ4v) is 1.91. The van der Waals surface area contributed by atoms with Crippen molar-refractivity contribution in [3.8, 4) is 0 Å². The Labute approximate surface area is 108 Å². The first-order valence-corrected chi connectivity index (χ1v) is 5.97. The zero-order chi connectivity index (χ0) is 14.2. The molecule has 3 nitrogen and oxygen atoms in total. The number of benzene rings is 1. The number of fused-ring (bicyclic) bond motifs is 1. The zero-order valence-electron chi connectivity index (χ0n) is 10.6. The van der Waals surface area contributed by atoms with E-state index >= 15 is 0 Å². The van der Waals surface area contributed by atoms with Gasteiger partial charge in [0, 0.05) is 17.1 Å². The maximum Gasteiger partial charge on any atom is 0.336 e. The van der Waals surface area contributed by atoms with Gasteiger partial charge < -0.3 is 5.11 Å². The lowest BCUT2D eigenvalue weighted by molar-refractivity contribution is 0.0699. The summed E-state index contributed by atoms with van der Waals surface area (Å²) < 4.78 is 26.9. The molecule has 0 spiro atoms. The molecule has 0 saturated heterocycles. The molecule has 1 N–H and O–H groups in total. The molecule has 2 aromatic rings. The van der Waals surface area contributed by atoms with Gasteiger partial charge in [-0.2, -0.15) is 0 Å². The van der Waals surface area contributed by atoms with Crippen molar-refractivity contribution in [3.63, 3.8) is 0 Å². The van der Waals surface area contributed by atoms with Crippen molar-refractivity contribution < 1.29 is 18.7 Å². The van der Waals surface area contributed by atoms with Crippen LogP contribution in [0.5, 0.6) is 0 Å². The van der Waals surface area contributed by atoms with E-state index in [9.17, 15) is 18.7 Å². The van der Waals surface area contributed by atoms with Crippen molar-refractivity contribution in [2.75, 3.05) is 0 Å². The molecule has 0 aliphatic rings. The normalized spacial score (nSPS) is 12.6. The van der Waals surface area contributed by atoms with Crippen LogP contribution < -0.4 is 0 Å². The monoisotopic (exact) mass is 265 g/mol. The van der Waals surface area contributed by atoms with Crippen LogP contribution >= 0.6 is 0 Å². The Hall–Kier alpha value is -2.04. The van der Waals surface area contributed by atoms with Crippen LogP contribution in [0.1, 0.15) is 42.2 Å². The molecule has 1 unspecified atom stereocenters. The zero-order valence-corrected chi connectivity index (χ0v) is 10.6. The minimum atomic E-state index is -1.22. The highest BCUT2D eigenvalue weighted by Gasteiger charge is 2.17. The maximum absolute atomic E-state index is 13.7. The van der Waals surface area contributed by atoms with Crippen molar-refractivity contribution in [1.82, 2.24) is 4.98 Å². The third-order valence-electron chi connectivity index (χ3n) is 3.20. The van der Waals surface area contributed by atoms with Gasteiger partial charge in [0.1, 0.15) is 11.3 Å². The van der Waals surface area contributed by atoms with E-state index in [0.717, 1.165) is 12.5 Å². The van der Waals surface area contributed by atoms with Crippen molar-refractivity contribution in [2.24, 2.45) is 0 Å². The van der Waals surface area contributed by atoms with Gasteiger partial charge in [-0.05, 0) is 24.5 Å². The van der Waals surface area contributed by atoms with Crippen LogP contribution in [0.2, 0.25) is 0 Å². The van der Waals surface area contributed by atoms with E-state index in [1.807, 2.05) is 13.8 Å². The smallest absolute Gasteiger partial charge is 0.336 e. The van der Waals surface area contributed by atoms with Crippen LogP contribution in [0, 0.1) is 11.6 Å². The molecule has 1 atom stereocenters. The van der Waals surface area contributed by atoms with Crippen molar-refractivity contribution in [2.45, 2.75) is 26.2 Å². The standard InChI is InChI=1S/C14H13F2NO2/c1-3-7(2)12-6-10(14(18)19)9-4-8(15)5-11(16)13(9)17-12/h4-7H,3H2,1-2H3,(H,18,19). The number of carboxylic acid groups (broad SMARTS) is 1. The second kappa shape index (κ2) is 4.91. The quantitative estimate of drug-likeness (QED) is 0.920. The number of nitrogens with zero attached hydrogens (tertiary/aromatic N) is 1. The number of hydrogen-bond acceptors (Lipinski definition) is 2. The Balaban J connectivity index is 2.83. The summed E-state index contributed by atoms with van der Waals surface area (Å²) in [6, 6.07) is 3.09. The van der Waals surface area contributed by atoms with E-state index in [1.165, 1.54) is 6.07 Å². The molecule has 0 fully saturated rings. The lowest BCUT2D eigenvalue weighted by Crippen LogP contribution is -2.05. The van der Waals surface area contributed by atoms with Gasteiger partial charge in [-0.25, -0.2) is 18.6 Å². The number of carboxylic acids is 1. The number of rotatable bonds is 3.